The fourth-order valence-corrected chi connectivity index (χ4v) is 2.37. The number of nitrogens with two attached hydrogens (primary N) is 1. The third-order valence-electron chi connectivity index (χ3n) is 3.80. The van der Waals surface area contributed by atoms with Gasteiger partial charge in [-0.05, 0) is 59.8 Å². The summed E-state index contributed by atoms with van der Waals surface area (Å²) in [5.74, 6) is 0.303. The van der Waals surface area contributed by atoms with Crippen molar-refractivity contribution in [3.05, 3.63) is 65.5 Å². The number of ether oxygens (including phenoxy) is 1. The molecular weight excluding hydrogens is 348 g/mol. The Morgan fingerprint density at radius 2 is 1.93 bits per heavy atom. The molecule has 0 saturated heterocycles. The first-order valence-corrected chi connectivity index (χ1v) is 8.26. The summed E-state index contributed by atoms with van der Waals surface area (Å²) in [6.07, 6.45) is 0. The summed E-state index contributed by atoms with van der Waals surface area (Å²) in [6, 6.07) is 13.1. The number of carbonyl (C=O) groups is 2. The Labute approximate surface area is 155 Å². The summed E-state index contributed by atoms with van der Waals surface area (Å²) in [4.78, 5) is 23.5. The zero-order valence-electron chi connectivity index (χ0n) is 14.6. The second-order valence-corrected chi connectivity index (χ2v) is 5.62. The van der Waals surface area contributed by atoms with Gasteiger partial charge in [0.15, 0.2) is 5.82 Å². The molecule has 27 heavy (non-hydrogen) atoms. The predicted molar refractivity (Wildman–Crippen MR) is 97.2 cm³/mol. The molecule has 0 atom stereocenters. The van der Waals surface area contributed by atoms with Gasteiger partial charge in [0.1, 0.15) is 12.4 Å². The summed E-state index contributed by atoms with van der Waals surface area (Å²) in [6.45, 7) is 2.77. The molecule has 3 rings (SSSR count). The first kappa shape index (κ1) is 18.1. The lowest BCUT2D eigenvalue weighted by Gasteiger charge is -2.09. The summed E-state index contributed by atoms with van der Waals surface area (Å²) >= 11 is 0. The third-order valence-corrected chi connectivity index (χ3v) is 3.80. The van der Waals surface area contributed by atoms with Crippen molar-refractivity contribution in [1.82, 2.24) is 20.2 Å². The van der Waals surface area contributed by atoms with E-state index in [0.717, 1.165) is 0 Å². The lowest BCUT2D eigenvalue weighted by molar-refractivity contribution is 0.0998. The normalized spacial score (nSPS) is 10.4. The largest absolute Gasteiger partial charge is 0.486 e. The van der Waals surface area contributed by atoms with E-state index in [-0.39, 0.29) is 12.5 Å². The lowest BCUT2D eigenvalue weighted by Crippen LogP contribution is -2.13. The van der Waals surface area contributed by atoms with Crippen molar-refractivity contribution < 1.29 is 14.3 Å². The van der Waals surface area contributed by atoms with E-state index in [1.54, 1.807) is 53.2 Å². The lowest BCUT2D eigenvalue weighted by atomic mass is 10.1. The number of nitrogens with zero attached hydrogens (tertiary/aromatic N) is 4. The molecule has 2 amide bonds. The first-order chi connectivity index (χ1) is 13.1. The van der Waals surface area contributed by atoms with Crippen molar-refractivity contribution in [1.29, 1.82) is 0 Å². The molecule has 0 fully saturated rings. The van der Waals surface area contributed by atoms with Crippen LogP contribution in [0.5, 0.6) is 5.75 Å². The smallest absolute Gasteiger partial charge is 0.255 e. The third kappa shape index (κ3) is 4.46. The average Bonchev–Trinajstić information content (AvgIpc) is 3.14. The van der Waals surface area contributed by atoms with E-state index in [1.165, 1.54) is 0 Å². The molecule has 0 unspecified atom stereocenters. The Kier molecular flexibility index (Phi) is 5.41. The number of anilines is 1. The van der Waals surface area contributed by atoms with Crippen LogP contribution in [0.3, 0.4) is 0 Å². The van der Waals surface area contributed by atoms with E-state index in [9.17, 15) is 9.59 Å². The molecule has 2 aromatic carbocycles. The van der Waals surface area contributed by atoms with Crippen molar-refractivity contribution in [2.24, 2.45) is 5.73 Å². The monoisotopic (exact) mass is 366 g/mol. The fourth-order valence-electron chi connectivity index (χ4n) is 2.37. The van der Waals surface area contributed by atoms with Gasteiger partial charge in [-0.25, -0.2) is 4.68 Å². The average molecular weight is 366 g/mol. The number of rotatable bonds is 7. The molecule has 0 saturated carbocycles. The quantitative estimate of drug-likeness (QED) is 0.654. The molecule has 1 heterocycles. The van der Waals surface area contributed by atoms with Crippen molar-refractivity contribution in [2.45, 2.75) is 20.1 Å². The van der Waals surface area contributed by atoms with Crippen molar-refractivity contribution >= 4 is 17.5 Å². The summed E-state index contributed by atoms with van der Waals surface area (Å²) in [5, 5.41) is 14.1. The molecule has 0 aliphatic rings. The number of hydrogen-bond donors (Lipinski definition) is 2. The Balaban J connectivity index is 1.65. The summed E-state index contributed by atoms with van der Waals surface area (Å²) < 4.78 is 7.31. The van der Waals surface area contributed by atoms with Crippen LogP contribution in [0.2, 0.25) is 0 Å². The SMILES string of the molecule is CCn1nnnc1COc1cccc(C(=O)Nc2ccc(C(N)=O)cc2)c1. The molecule has 0 aliphatic heterocycles. The molecule has 0 spiro atoms. The molecule has 0 aliphatic carbocycles. The van der Waals surface area contributed by atoms with Crippen LogP contribution in [0.1, 0.15) is 33.5 Å². The van der Waals surface area contributed by atoms with Gasteiger partial charge in [-0.2, -0.15) is 0 Å². The number of carbonyl (C=O) groups excluding carboxylic acids is 2. The minimum atomic E-state index is -0.521. The second-order valence-electron chi connectivity index (χ2n) is 5.62. The highest BCUT2D eigenvalue weighted by Gasteiger charge is 2.10. The summed E-state index contributed by atoms with van der Waals surface area (Å²) in [5.41, 5.74) is 6.56. The van der Waals surface area contributed by atoms with E-state index in [0.29, 0.717) is 34.9 Å². The number of primary amides is 1. The first-order valence-electron chi connectivity index (χ1n) is 8.26. The van der Waals surface area contributed by atoms with Crippen LogP contribution in [-0.4, -0.2) is 32.0 Å². The molecule has 0 radical (unpaired) electrons. The van der Waals surface area contributed by atoms with Crippen LogP contribution in [0.25, 0.3) is 0 Å². The van der Waals surface area contributed by atoms with Gasteiger partial charge >= 0.3 is 0 Å². The molecule has 3 N–H and O–H groups in total. The molecule has 138 valence electrons. The minimum Gasteiger partial charge on any atom is -0.486 e. The van der Waals surface area contributed by atoms with Crippen LogP contribution in [0.4, 0.5) is 5.69 Å². The molecule has 1 aromatic heterocycles. The standard InChI is InChI=1S/C18H18N6O3/c1-2-24-16(21-22-23-24)11-27-15-5-3-4-13(10-15)18(26)20-14-8-6-12(7-9-14)17(19)25/h3-10H,2,11H2,1H3,(H2,19,25)(H,20,26). The minimum absolute atomic E-state index is 0.195. The van der Waals surface area contributed by atoms with Gasteiger partial charge in [-0.15, -0.1) is 5.10 Å². The number of hydrogen-bond acceptors (Lipinski definition) is 6. The van der Waals surface area contributed by atoms with Gasteiger partial charge in [0, 0.05) is 23.4 Å². The maximum absolute atomic E-state index is 12.4. The number of amides is 2. The van der Waals surface area contributed by atoms with Crippen molar-refractivity contribution in [3.63, 3.8) is 0 Å². The van der Waals surface area contributed by atoms with Gasteiger partial charge in [-0.1, -0.05) is 6.07 Å². The maximum atomic E-state index is 12.4. The topological polar surface area (TPSA) is 125 Å². The van der Waals surface area contributed by atoms with E-state index in [1.807, 2.05) is 6.92 Å². The van der Waals surface area contributed by atoms with Gasteiger partial charge in [0.2, 0.25) is 5.91 Å². The molecule has 9 nitrogen and oxygen atoms in total. The molecule has 9 heteroatoms. The van der Waals surface area contributed by atoms with E-state index in [2.05, 4.69) is 20.8 Å². The Bertz CT molecular complexity index is 952. The number of benzene rings is 2. The van der Waals surface area contributed by atoms with Gasteiger partial charge < -0.3 is 15.8 Å². The van der Waals surface area contributed by atoms with Crippen LogP contribution < -0.4 is 15.8 Å². The van der Waals surface area contributed by atoms with Crippen LogP contribution in [0, 0.1) is 0 Å². The number of aryl methyl sites for hydroxylation is 1. The fraction of sp³-hybridized carbons (Fsp3) is 0.167. The van der Waals surface area contributed by atoms with Crippen molar-refractivity contribution in [3.8, 4) is 5.75 Å². The highest BCUT2D eigenvalue weighted by atomic mass is 16.5. The van der Waals surface area contributed by atoms with Gasteiger partial charge in [-0.3, -0.25) is 9.59 Å². The van der Waals surface area contributed by atoms with Crippen LogP contribution >= 0.6 is 0 Å². The van der Waals surface area contributed by atoms with Gasteiger partial charge in [0.25, 0.3) is 5.91 Å². The maximum Gasteiger partial charge on any atom is 0.255 e. The Hall–Kier alpha value is -3.75. The molecular formula is C18H18N6O3. The van der Waals surface area contributed by atoms with E-state index >= 15 is 0 Å². The highest BCUT2D eigenvalue weighted by molar-refractivity contribution is 6.04. The number of tetrazole rings is 1. The zero-order chi connectivity index (χ0) is 19.2. The van der Waals surface area contributed by atoms with Crippen LogP contribution in [-0.2, 0) is 13.2 Å². The molecule has 3 aromatic rings. The Morgan fingerprint density at radius 3 is 2.63 bits per heavy atom. The number of aromatic nitrogens is 4. The van der Waals surface area contributed by atoms with Gasteiger partial charge in [0.05, 0.1) is 0 Å². The zero-order valence-corrected chi connectivity index (χ0v) is 14.6. The van der Waals surface area contributed by atoms with E-state index < -0.39 is 5.91 Å². The van der Waals surface area contributed by atoms with E-state index in [4.69, 9.17) is 10.5 Å². The highest BCUT2D eigenvalue weighted by Crippen LogP contribution is 2.17. The summed E-state index contributed by atoms with van der Waals surface area (Å²) in [7, 11) is 0. The van der Waals surface area contributed by atoms with Crippen molar-refractivity contribution in [2.75, 3.05) is 5.32 Å². The van der Waals surface area contributed by atoms with Crippen LogP contribution in [0.15, 0.2) is 48.5 Å². The predicted octanol–water partition coefficient (Wildman–Crippen LogP) is 1.62. The number of nitrogens with one attached hydrogen (secondary N) is 1. The second kappa shape index (κ2) is 8.09. The molecule has 0 bridgehead atoms. The Morgan fingerprint density at radius 1 is 1.15 bits per heavy atom.